The molecule has 1 unspecified atom stereocenters. The van der Waals surface area contributed by atoms with E-state index in [1.54, 1.807) is 0 Å². The molecule has 77 heavy (non-hydrogen) atoms. The maximum atomic E-state index is 12.9. The first kappa shape index (κ1) is 74.9. The molecule has 0 aromatic rings. The van der Waals surface area contributed by atoms with E-state index in [1.807, 2.05) is 0 Å². The highest BCUT2D eigenvalue weighted by Crippen LogP contribution is 2.18. The van der Waals surface area contributed by atoms with Crippen LogP contribution in [0.15, 0.2) is 24.3 Å². The minimum Gasteiger partial charge on any atom is -0.462 e. The Balaban J connectivity index is 4.02. The summed E-state index contributed by atoms with van der Waals surface area (Å²) in [6, 6.07) is 0. The van der Waals surface area contributed by atoms with Crippen LogP contribution in [0.1, 0.15) is 393 Å². The summed E-state index contributed by atoms with van der Waals surface area (Å²) in [4.78, 5) is 38.2. The Morgan fingerprint density at radius 1 is 0.247 bits per heavy atom. The monoisotopic (exact) mass is 1080 g/mol. The van der Waals surface area contributed by atoms with Gasteiger partial charge in [-0.05, 0) is 70.6 Å². The molecule has 0 spiro atoms. The summed E-state index contributed by atoms with van der Waals surface area (Å²) in [6.45, 7) is 6.68. The van der Waals surface area contributed by atoms with Gasteiger partial charge in [-0.15, -0.1) is 0 Å². The van der Waals surface area contributed by atoms with Crippen molar-refractivity contribution in [2.24, 2.45) is 0 Å². The zero-order valence-electron chi connectivity index (χ0n) is 52.3. The second-order valence-corrected chi connectivity index (χ2v) is 23.8. The average Bonchev–Trinajstić information content (AvgIpc) is 3.43. The van der Waals surface area contributed by atoms with Gasteiger partial charge in [0.05, 0.1) is 0 Å². The van der Waals surface area contributed by atoms with Gasteiger partial charge in [0, 0.05) is 19.3 Å². The van der Waals surface area contributed by atoms with Crippen molar-refractivity contribution in [3.8, 4) is 0 Å². The molecule has 454 valence electrons. The highest BCUT2D eigenvalue weighted by atomic mass is 16.6. The fourth-order valence-electron chi connectivity index (χ4n) is 10.7. The van der Waals surface area contributed by atoms with Crippen LogP contribution in [0.2, 0.25) is 0 Å². The lowest BCUT2D eigenvalue weighted by molar-refractivity contribution is -0.167. The Kier molecular flexibility index (Phi) is 64.6. The van der Waals surface area contributed by atoms with Crippen LogP contribution in [0.3, 0.4) is 0 Å². The fourth-order valence-corrected chi connectivity index (χ4v) is 10.7. The van der Waals surface area contributed by atoms with E-state index in [0.29, 0.717) is 19.3 Å². The summed E-state index contributed by atoms with van der Waals surface area (Å²) in [5.74, 6) is -0.852. The molecule has 0 aromatic heterocycles. The molecule has 0 saturated heterocycles. The minimum atomic E-state index is -0.771. The number of ether oxygens (including phenoxy) is 3. The third-order valence-electron chi connectivity index (χ3n) is 15.9. The Hall–Kier alpha value is -2.11. The van der Waals surface area contributed by atoms with Crippen LogP contribution in [0, 0.1) is 0 Å². The van der Waals surface area contributed by atoms with Crippen molar-refractivity contribution >= 4 is 17.9 Å². The van der Waals surface area contributed by atoms with Gasteiger partial charge in [0.2, 0.25) is 0 Å². The van der Waals surface area contributed by atoms with E-state index >= 15 is 0 Å². The lowest BCUT2D eigenvalue weighted by Crippen LogP contribution is -2.30. The molecule has 0 N–H and O–H groups in total. The Morgan fingerprint density at radius 3 is 0.649 bits per heavy atom. The van der Waals surface area contributed by atoms with Gasteiger partial charge in [-0.25, -0.2) is 0 Å². The first-order valence-electron chi connectivity index (χ1n) is 34.8. The lowest BCUT2D eigenvalue weighted by atomic mass is 10.0. The van der Waals surface area contributed by atoms with E-state index in [0.717, 1.165) is 64.2 Å². The molecule has 0 saturated carbocycles. The van der Waals surface area contributed by atoms with E-state index in [4.69, 9.17) is 14.2 Å². The predicted octanol–water partition coefficient (Wildman–Crippen LogP) is 23.8. The second-order valence-electron chi connectivity index (χ2n) is 23.8. The quantitative estimate of drug-likeness (QED) is 0.0261. The van der Waals surface area contributed by atoms with Crippen molar-refractivity contribution in [1.29, 1.82) is 0 Å². The highest BCUT2D eigenvalue weighted by molar-refractivity contribution is 5.71. The average molecular weight is 1080 g/mol. The molecule has 0 aromatic carbocycles. The van der Waals surface area contributed by atoms with Gasteiger partial charge < -0.3 is 14.2 Å². The van der Waals surface area contributed by atoms with Crippen LogP contribution in [-0.2, 0) is 28.6 Å². The second kappa shape index (κ2) is 66.4. The highest BCUT2D eigenvalue weighted by Gasteiger charge is 2.19. The van der Waals surface area contributed by atoms with Gasteiger partial charge in [0.25, 0.3) is 0 Å². The zero-order valence-corrected chi connectivity index (χ0v) is 52.3. The van der Waals surface area contributed by atoms with Gasteiger partial charge in [-0.1, -0.05) is 328 Å². The van der Waals surface area contributed by atoms with Crippen molar-refractivity contribution in [3.05, 3.63) is 24.3 Å². The molecule has 1 atom stereocenters. The molecule has 0 aliphatic carbocycles. The van der Waals surface area contributed by atoms with E-state index in [-0.39, 0.29) is 31.1 Å². The number of carbonyl (C=O) groups excluding carboxylic acids is 3. The van der Waals surface area contributed by atoms with Gasteiger partial charge in [0.15, 0.2) is 6.10 Å². The molecule has 0 fully saturated rings. The van der Waals surface area contributed by atoms with E-state index in [9.17, 15) is 14.4 Å². The number of hydrogen-bond donors (Lipinski definition) is 0. The first-order valence-corrected chi connectivity index (χ1v) is 34.8. The third-order valence-corrected chi connectivity index (χ3v) is 15.9. The number of rotatable bonds is 65. The summed E-state index contributed by atoms with van der Waals surface area (Å²) in [5.41, 5.74) is 0. The van der Waals surface area contributed by atoms with Crippen LogP contribution >= 0.6 is 0 Å². The number of esters is 3. The van der Waals surface area contributed by atoms with Gasteiger partial charge in [0.1, 0.15) is 13.2 Å². The van der Waals surface area contributed by atoms with Gasteiger partial charge in [-0.3, -0.25) is 14.4 Å². The third kappa shape index (κ3) is 64.6. The topological polar surface area (TPSA) is 78.9 Å². The van der Waals surface area contributed by atoms with Crippen molar-refractivity contribution in [2.75, 3.05) is 13.2 Å². The van der Waals surface area contributed by atoms with Crippen LogP contribution in [0.5, 0.6) is 0 Å². The van der Waals surface area contributed by atoms with Crippen LogP contribution in [0.4, 0.5) is 0 Å². The van der Waals surface area contributed by atoms with Crippen molar-refractivity contribution in [1.82, 2.24) is 0 Å². The fraction of sp³-hybridized carbons (Fsp3) is 0.901. The van der Waals surface area contributed by atoms with E-state index in [2.05, 4.69) is 45.1 Å². The van der Waals surface area contributed by atoms with Crippen LogP contribution in [-0.4, -0.2) is 37.2 Å². The van der Waals surface area contributed by atoms with E-state index in [1.165, 1.54) is 289 Å². The van der Waals surface area contributed by atoms with Crippen molar-refractivity contribution in [2.45, 2.75) is 399 Å². The van der Waals surface area contributed by atoms with E-state index < -0.39 is 6.10 Å². The molecule has 0 bridgehead atoms. The number of allylic oxidation sites excluding steroid dienone is 4. The number of unbranched alkanes of at least 4 members (excludes halogenated alkanes) is 50. The maximum absolute atomic E-state index is 12.9. The molecule has 0 aliphatic heterocycles. The number of hydrogen-bond acceptors (Lipinski definition) is 6. The molecule has 0 radical (unpaired) electrons. The first-order chi connectivity index (χ1) is 38.0. The Bertz CT molecular complexity index is 1240. The normalized spacial score (nSPS) is 12.1. The standard InChI is InChI=1S/C71H134O6/c1-4-7-10-13-16-19-22-24-26-28-29-30-31-32-33-34-35-36-37-38-39-40-41-42-43-44-46-47-49-52-55-58-61-64-70(73)76-67-68(66-75-69(72)63-60-57-54-51-21-18-15-12-9-6-3)77-71(74)65-62-59-56-53-50-48-45-27-25-23-20-17-14-11-8-5-2/h27-29,45,68H,4-26,30-44,46-67H2,1-3H3/b29-28-,45-27-. The Labute approximate surface area is 481 Å². The lowest BCUT2D eigenvalue weighted by Gasteiger charge is -2.18. The van der Waals surface area contributed by atoms with Crippen molar-refractivity contribution in [3.63, 3.8) is 0 Å². The molecule has 6 heteroatoms. The largest absolute Gasteiger partial charge is 0.462 e. The van der Waals surface area contributed by atoms with Gasteiger partial charge in [-0.2, -0.15) is 0 Å². The summed E-state index contributed by atoms with van der Waals surface area (Å²) >= 11 is 0. The number of carbonyl (C=O) groups is 3. The summed E-state index contributed by atoms with van der Waals surface area (Å²) in [6.07, 6.45) is 80.9. The maximum Gasteiger partial charge on any atom is 0.306 e. The summed E-state index contributed by atoms with van der Waals surface area (Å²) < 4.78 is 16.9. The SMILES string of the molecule is CCCCCCCCC/C=C\CCCCCCCC(=O)OC(COC(=O)CCCCCCCCCCCC)COC(=O)CCCCCCCCCCCCCCCCCCCCCCC/C=C\CCCCCCCCCC. The Morgan fingerprint density at radius 2 is 0.429 bits per heavy atom. The van der Waals surface area contributed by atoms with Gasteiger partial charge >= 0.3 is 17.9 Å². The zero-order chi connectivity index (χ0) is 55.7. The molecule has 0 rings (SSSR count). The van der Waals surface area contributed by atoms with Crippen LogP contribution in [0.25, 0.3) is 0 Å². The summed E-state index contributed by atoms with van der Waals surface area (Å²) in [5, 5.41) is 0. The molecule has 0 aliphatic rings. The molecular formula is C71H134O6. The smallest absolute Gasteiger partial charge is 0.306 e. The molecule has 0 heterocycles. The van der Waals surface area contributed by atoms with Crippen LogP contribution < -0.4 is 0 Å². The molecule has 0 amide bonds. The van der Waals surface area contributed by atoms with Crippen molar-refractivity contribution < 1.29 is 28.6 Å². The summed E-state index contributed by atoms with van der Waals surface area (Å²) in [7, 11) is 0. The molecular weight excluding hydrogens is 949 g/mol. The minimum absolute atomic E-state index is 0.0685. The predicted molar refractivity (Wildman–Crippen MR) is 335 cm³/mol. The molecule has 6 nitrogen and oxygen atoms in total.